The molecule has 0 aliphatic rings. The first-order valence-electron chi connectivity index (χ1n) is 3.77. The van der Waals surface area contributed by atoms with Crippen LogP contribution in [0.5, 0.6) is 0 Å². The highest BCUT2D eigenvalue weighted by Crippen LogP contribution is 2.01. The average molecular weight is 168 g/mol. The SMILES string of the molecule is COC(=O)CCc1ccnn1C. The molecule has 4 nitrogen and oxygen atoms in total. The van der Waals surface area contributed by atoms with E-state index in [0.29, 0.717) is 12.8 Å². The molecule has 1 heterocycles. The molecule has 0 aliphatic carbocycles. The minimum absolute atomic E-state index is 0.184. The molecule has 1 rings (SSSR count). The van der Waals surface area contributed by atoms with Crippen LogP contribution in [-0.2, 0) is 23.0 Å². The number of rotatable bonds is 3. The first kappa shape index (κ1) is 8.77. The number of aromatic nitrogens is 2. The molecule has 0 saturated heterocycles. The Morgan fingerprint density at radius 2 is 2.50 bits per heavy atom. The van der Waals surface area contributed by atoms with Gasteiger partial charge in [-0.1, -0.05) is 0 Å². The van der Waals surface area contributed by atoms with Gasteiger partial charge in [0.1, 0.15) is 0 Å². The number of hydrogen-bond acceptors (Lipinski definition) is 3. The topological polar surface area (TPSA) is 44.1 Å². The van der Waals surface area contributed by atoms with Crippen LogP contribution in [0.3, 0.4) is 0 Å². The summed E-state index contributed by atoms with van der Waals surface area (Å²) in [6, 6.07) is 1.89. The molecule has 12 heavy (non-hydrogen) atoms. The van der Waals surface area contributed by atoms with Crippen LogP contribution >= 0.6 is 0 Å². The van der Waals surface area contributed by atoms with Gasteiger partial charge < -0.3 is 4.74 Å². The van der Waals surface area contributed by atoms with Crippen LogP contribution < -0.4 is 0 Å². The predicted octanol–water partition coefficient (Wildman–Crippen LogP) is 0.526. The zero-order valence-corrected chi connectivity index (χ0v) is 7.28. The molecule has 0 aliphatic heterocycles. The number of aryl methyl sites for hydroxylation is 2. The molecule has 0 bridgehead atoms. The third-order valence-electron chi connectivity index (χ3n) is 1.74. The van der Waals surface area contributed by atoms with Gasteiger partial charge in [0.05, 0.1) is 13.5 Å². The zero-order valence-electron chi connectivity index (χ0n) is 7.28. The lowest BCUT2D eigenvalue weighted by Crippen LogP contribution is -2.05. The van der Waals surface area contributed by atoms with Crippen LogP contribution in [0.2, 0.25) is 0 Å². The number of carbonyl (C=O) groups is 1. The molecule has 0 saturated carbocycles. The van der Waals surface area contributed by atoms with E-state index in [4.69, 9.17) is 0 Å². The molecular formula is C8H12N2O2. The molecule has 0 unspecified atom stereocenters. The van der Waals surface area contributed by atoms with Gasteiger partial charge in [-0.15, -0.1) is 0 Å². The summed E-state index contributed by atoms with van der Waals surface area (Å²) < 4.78 is 6.27. The van der Waals surface area contributed by atoms with E-state index in [1.807, 2.05) is 13.1 Å². The maximum atomic E-state index is 10.8. The fourth-order valence-electron chi connectivity index (χ4n) is 0.979. The highest BCUT2D eigenvalue weighted by atomic mass is 16.5. The van der Waals surface area contributed by atoms with Gasteiger partial charge >= 0.3 is 5.97 Å². The molecule has 0 atom stereocenters. The Morgan fingerprint density at radius 3 is 3.00 bits per heavy atom. The lowest BCUT2D eigenvalue weighted by atomic mass is 10.2. The van der Waals surface area contributed by atoms with Crippen molar-refractivity contribution in [2.75, 3.05) is 7.11 Å². The van der Waals surface area contributed by atoms with Crippen LogP contribution in [0.1, 0.15) is 12.1 Å². The van der Waals surface area contributed by atoms with Gasteiger partial charge in [-0.2, -0.15) is 5.10 Å². The summed E-state index contributed by atoms with van der Waals surface area (Å²) in [6.07, 6.45) is 2.81. The minimum Gasteiger partial charge on any atom is -0.469 e. The van der Waals surface area contributed by atoms with Crippen LogP contribution in [0.4, 0.5) is 0 Å². The number of methoxy groups -OCH3 is 1. The summed E-state index contributed by atoms with van der Waals surface area (Å²) in [4.78, 5) is 10.8. The van der Waals surface area contributed by atoms with Gasteiger partial charge in [-0.05, 0) is 12.5 Å². The highest BCUT2D eigenvalue weighted by molar-refractivity contribution is 5.69. The predicted molar refractivity (Wildman–Crippen MR) is 43.5 cm³/mol. The van der Waals surface area contributed by atoms with Crippen LogP contribution in [0.25, 0.3) is 0 Å². The Bertz CT molecular complexity index is 268. The van der Waals surface area contributed by atoms with Gasteiger partial charge in [0.25, 0.3) is 0 Å². The number of nitrogens with zero attached hydrogens (tertiary/aromatic N) is 2. The first-order chi connectivity index (χ1) is 5.74. The summed E-state index contributed by atoms with van der Waals surface area (Å²) in [5.41, 5.74) is 1.04. The lowest BCUT2D eigenvalue weighted by molar-refractivity contribution is -0.140. The Hall–Kier alpha value is -1.32. The summed E-state index contributed by atoms with van der Waals surface area (Å²) in [7, 11) is 3.25. The quantitative estimate of drug-likeness (QED) is 0.618. The van der Waals surface area contributed by atoms with E-state index < -0.39 is 0 Å². The lowest BCUT2D eigenvalue weighted by Gasteiger charge is -1.99. The van der Waals surface area contributed by atoms with Gasteiger partial charge in [0.2, 0.25) is 0 Å². The molecule has 0 spiro atoms. The van der Waals surface area contributed by atoms with E-state index in [0.717, 1.165) is 5.69 Å². The number of esters is 1. The number of ether oxygens (including phenoxy) is 1. The van der Waals surface area contributed by atoms with Crippen molar-refractivity contribution in [1.29, 1.82) is 0 Å². The van der Waals surface area contributed by atoms with E-state index in [9.17, 15) is 4.79 Å². The molecule has 1 aromatic heterocycles. The largest absolute Gasteiger partial charge is 0.469 e. The molecule has 0 aromatic carbocycles. The number of carbonyl (C=O) groups excluding carboxylic acids is 1. The Kier molecular flexibility index (Phi) is 2.85. The van der Waals surface area contributed by atoms with Crippen molar-refractivity contribution in [3.05, 3.63) is 18.0 Å². The average Bonchev–Trinajstić information content (AvgIpc) is 2.47. The fourth-order valence-corrected chi connectivity index (χ4v) is 0.979. The standard InChI is InChI=1S/C8H12N2O2/c1-10-7(5-6-9-10)3-4-8(11)12-2/h5-6H,3-4H2,1-2H3. The van der Waals surface area contributed by atoms with Crippen molar-refractivity contribution in [2.24, 2.45) is 7.05 Å². The second-order valence-corrected chi connectivity index (χ2v) is 2.52. The molecule has 0 amide bonds. The Labute approximate surface area is 71.1 Å². The van der Waals surface area contributed by atoms with Crippen LogP contribution in [-0.4, -0.2) is 22.9 Å². The van der Waals surface area contributed by atoms with E-state index >= 15 is 0 Å². The molecule has 1 aromatic rings. The summed E-state index contributed by atoms with van der Waals surface area (Å²) in [5.74, 6) is -0.184. The van der Waals surface area contributed by atoms with E-state index in [-0.39, 0.29) is 5.97 Å². The normalized spacial score (nSPS) is 9.83. The molecule has 66 valence electrons. The maximum Gasteiger partial charge on any atom is 0.305 e. The Morgan fingerprint density at radius 1 is 1.75 bits per heavy atom. The fraction of sp³-hybridized carbons (Fsp3) is 0.500. The van der Waals surface area contributed by atoms with Crippen molar-refractivity contribution in [3.63, 3.8) is 0 Å². The van der Waals surface area contributed by atoms with E-state index in [1.165, 1.54) is 7.11 Å². The molecule has 0 N–H and O–H groups in total. The summed E-state index contributed by atoms with van der Waals surface area (Å²) in [5, 5.41) is 3.98. The summed E-state index contributed by atoms with van der Waals surface area (Å²) >= 11 is 0. The highest BCUT2D eigenvalue weighted by Gasteiger charge is 2.03. The smallest absolute Gasteiger partial charge is 0.305 e. The Balaban J connectivity index is 2.43. The van der Waals surface area contributed by atoms with E-state index in [1.54, 1.807) is 10.9 Å². The van der Waals surface area contributed by atoms with Gasteiger partial charge in [0.15, 0.2) is 0 Å². The van der Waals surface area contributed by atoms with Crippen molar-refractivity contribution >= 4 is 5.97 Å². The first-order valence-corrected chi connectivity index (χ1v) is 3.77. The maximum absolute atomic E-state index is 10.8. The monoisotopic (exact) mass is 168 g/mol. The van der Waals surface area contributed by atoms with Crippen molar-refractivity contribution in [2.45, 2.75) is 12.8 Å². The third-order valence-corrected chi connectivity index (χ3v) is 1.74. The molecule has 4 heteroatoms. The van der Waals surface area contributed by atoms with Crippen molar-refractivity contribution in [1.82, 2.24) is 9.78 Å². The van der Waals surface area contributed by atoms with Gasteiger partial charge in [0, 0.05) is 18.9 Å². The molecule has 0 radical (unpaired) electrons. The van der Waals surface area contributed by atoms with Crippen LogP contribution in [0, 0.1) is 0 Å². The van der Waals surface area contributed by atoms with Crippen molar-refractivity contribution in [3.8, 4) is 0 Å². The molecule has 0 fully saturated rings. The second-order valence-electron chi connectivity index (χ2n) is 2.52. The molecular weight excluding hydrogens is 156 g/mol. The third kappa shape index (κ3) is 2.08. The van der Waals surface area contributed by atoms with E-state index in [2.05, 4.69) is 9.84 Å². The van der Waals surface area contributed by atoms with Crippen LogP contribution in [0.15, 0.2) is 12.3 Å². The van der Waals surface area contributed by atoms with Gasteiger partial charge in [-0.3, -0.25) is 9.48 Å². The number of hydrogen-bond donors (Lipinski definition) is 0. The second kappa shape index (κ2) is 3.90. The van der Waals surface area contributed by atoms with Gasteiger partial charge in [-0.25, -0.2) is 0 Å². The zero-order chi connectivity index (χ0) is 8.97. The van der Waals surface area contributed by atoms with Crippen molar-refractivity contribution < 1.29 is 9.53 Å². The summed E-state index contributed by atoms with van der Waals surface area (Å²) in [6.45, 7) is 0. The minimum atomic E-state index is -0.184.